The molecule has 140 valence electrons. The summed E-state index contributed by atoms with van der Waals surface area (Å²) in [5.41, 5.74) is 1.36. The molecule has 0 amide bonds. The van der Waals surface area contributed by atoms with Gasteiger partial charge >= 0.3 is 0 Å². The largest absolute Gasteiger partial charge is 0.381 e. The normalized spacial score (nSPS) is 23.8. The fraction of sp³-hybridized carbons (Fsp3) is 0.714. The van der Waals surface area contributed by atoms with Crippen LogP contribution < -0.4 is 0 Å². The van der Waals surface area contributed by atoms with Gasteiger partial charge in [-0.15, -0.1) is 0 Å². The number of hydrogen-bond acceptors (Lipinski definition) is 4. The second-order valence-electron chi connectivity index (χ2n) is 7.45. The van der Waals surface area contributed by atoms with Gasteiger partial charge in [-0.25, -0.2) is 0 Å². The Morgan fingerprint density at radius 3 is 2.64 bits per heavy atom. The number of likely N-dealkylation sites (tertiary alicyclic amines) is 1. The molecule has 0 N–H and O–H groups in total. The van der Waals surface area contributed by atoms with Crippen LogP contribution in [0.15, 0.2) is 30.3 Å². The molecule has 3 rings (SSSR count). The van der Waals surface area contributed by atoms with Crippen LogP contribution in [0, 0.1) is 0 Å². The lowest BCUT2D eigenvalue weighted by atomic mass is 10.0. The van der Waals surface area contributed by atoms with Gasteiger partial charge in [-0.1, -0.05) is 30.3 Å². The van der Waals surface area contributed by atoms with Crippen LogP contribution in [0.3, 0.4) is 0 Å². The first-order valence-electron chi connectivity index (χ1n) is 10.0. The number of ether oxygens (including phenoxy) is 2. The lowest BCUT2D eigenvalue weighted by Gasteiger charge is -2.41. The fourth-order valence-corrected chi connectivity index (χ4v) is 4.01. The molecular weight excluding hydrogens is 312 g/mol. The Hall–Kier alpha value is -0.940. The number of piperidine rings is 1. The molecule has 0 aliphatic carbocycles. The average molecular weight is 347 g/mol. The summed E-state index contributed by atoms with van der Waals surface area (Å²) in [6, 6.07) is 11.4. The van der Waals surface area contributed by atoms with Gasteiger partial charge in [-0.3, -0.25) is 4.90 Å². The molecule has 2 fully saturated rings. The standard InChI is InChI=1S/C21H34N2O2/c1-19-18-23(14-17-25-19)21-8-12-22(13-9-21)11-5-15-24-16-10-20-6-3-2-4-7-20/h2-4,6-7,19,21H,5,8-18H2,1H3/t19-/m0/s1. The molecule has 0 unspecified atom stereocenters. The topological polar surface area (TPSA) is 24.9 Å². The third kappa shape index (κ3) is 6.37. The summed E-state index contributed by atoms with van der Waals surface area (Å²) in [4.78, 5) is 5.26. The van der Waals surface area contributed by atoms with Gasteiger partial charge in [0.2, 0.25) is 0 Å². The maximum atomic E-state index is 5.81. The Morgan fingerprint density at radius 2 is 1.88 bits per heavy atom. The number of nitrogens with zero attached hydrogens (tertiary/aromatic N) is 2. The minimum Gasteiger partial charge on any atom is -0.381 e. The number of rotatable bonds is 8. The van der Waals surface area contributed by atoms with Gasteiger partial charge in [0.25, 0.3) is 0 Å². The smallest absolute Gasteiger partial charge is 0.0674 e. The van der Waals surface area contributed by atoms with Gasteiger partial charge in [0.1, 0.15) is 0 Å². The van der Waals surface area contributed by atoms with Crippen molar-refractivity contribution < 1.29 is 9.47 Å². The summed E-state index contributed by atoms with van der Waals surface area (Å²) < 4.78 is 11.5. The second-order valence-corrected chi connectivity index (χ2v) is 7.45. The number of morpholine rings is 1. The molecule has 0 saturated carbocycles. The first-order chi connectivity index (χ1) is 12.3. The van der Waals surface area contributed by atoms with E-state index in [0.29, 0.717) is 6.10 Å². The molecule has 1 atom stereocenters. The zero-order valence-corrected chi connectivity index (χ0v) is 15.7. The van der Waals surface area contributed by atoms with Crippen molar-refractivity contribution in [3.05, 3.63) is 35.9 Å². The zero-order chi connectivity index (χ0) is 17.3. The van der Waals surface area contributed by atoms with Crippen LogP contribution in [0.25, 0.3) is 0 Å². The molecule has 2 saturated heterocycles. The second kappa shape index (κ2) is 10.3. The van der Waals surface area contributed by atoms with E-state index in [1.807, 2.05) is 0 Å². The van der Waals surface area contributed by atoms with Crippen molar-refractivity contribution >= 4 is 0 Å². The Balaban J connectivity index is 1.22. The molecule has 2 aliphatic rings. The molecule has 4 nitrogen and oxygen atoms in total. The minimum atomic E-state index is 0.403. The van der Waals surface area contributed by atoms with E-state index < -0.39 is 0 Å². The van der Waals surface area contributed by atoms with Crippen LogP contribution in [0.2, 0.25) is 0 Å². The van der Waals surface area contributed by atoms with E-state index in [1.54, 1.807) is 0 Å². The van der Waals surface area contributed by atoms with Crippen LogP contribution in [0.1, 0.15) is 31.7 Å². The van der Waals surface area contributed by atoms with E-state index in [1.165, 1.54) is 38.0 Å². The van der Waals surface area contributed by atoms with Gasteiger partial charge in [0, 0.05) is 32.3 Å². The summed E-state index contributed by atoms with van der Waals surface area (Å²) >= 11 is 0. The highest BCUT2D eigenvalue weighted by molar-refractivity contribution is 5.14. The molecule has 0 spiro atoms. The van der Waals surface area contributed by atoms with E-state index in [0.717, 1.165) is 51.8 Å². The Morgan fingerprint density at radius 1 is 1.08 bits per heavy atom. The Kier molecular flexibility index (Phi) is 7.74. The molecule has 0 aromatic heterocycles. The molecule has 1 aromatic rings. The van der Waals surface area contributed by atoms with Crippen molar-refractivity contribution in [1.29, 1.82) is 0 Å². The van der Waals surface area contributed by atoms with Gasteiger partial charge in [0.15, 0.2) is 0 Å². The highest BCUT2D eigenvalue weighted by Gasteiger charge is 2.27. The molecule has 25 heavy (non-hydrogen) atoms. The predicted molar refractivity (Wildman–Crippen MR) is 102 cm³/mol. The zero-order valence-electron chi connectivity index (χ0n) is 15.7. The van der Waals surface area contributed by atoms with E-state index in [2.05, 4.69) is 47.1 Å². The molecule has 2 aliphatic heterocycles. The summed E-state index contributed by atoms with van der Waals surface area (Å²) in [5.74, 6) is 0. The van der Waals surface area contributed by atoms with Crippen LogP contribution in [-0.2, 0) is 15.9 Å². The van der Waals surface area contributed by atoms with Crippen molar-refractivity contribution in [2.75, 3.05) is 52.5 Å². The SMILES string of the molecule is C[C@H]1CN(C2CCN(CCCOCCc3ccccc3)CC2)CCO1. The van der Waals surface area contributed by atoms with Gasteiger partial charge in [-0.2, -0.15) is 0 Å². The van der Waals surface area contributed by atoms with Crippen molar-refractivity contribution in [3.8, 4) is 0 Å². The summed E-state index contributed by atoms with van der Waals surface area (Å²) in [6.07, 6.45) is 5.18. The van der Waals surface area contributed by atoms with E-state index in [-0.39, 0.29) is 0 Å². The van der Waals surface area contributed by atoms with Crippen molar-refractivity contribution in [3.63, 3.8) is 0 Å². The Bertz CT molecular complexity index is 474. The van der Waals surface area contributed by atoms with Crippen molar-refractivity contribution in [2.24, 2.45) is 0 Å². The Labute approximate surface area is 153 Å². The minimum absolute atomic E-state index is 0.403. The van der Waals surface area contributed by atoms with E-state index in [4.69, 9.17) is 9.47 Å². The van der Waals surface area contributed by atoms with Gasteiger partial charge in [0.05, 0.1) is 19.3 Å². The van der Waals surface area contributed by atoms with Crippen LogP contribution in [-0.4, -0.2) is 74.5 Å². The van der Waals surface area contributed by atoms with E-state index >= 15 is 0 Å². The van der Waals surface area contributed by atoms with Crippen molar-refractivity contribution in [2.45, 2.75) is 44.8 Å². The predicted octanol–water partition coefficient (Wildman–Crippen LogP) is 2.82. The maximum absolute atomic E-state index is 5.81. The number of hydrogen-bond donors (Lipinski definition) is 0. The van der Waals surface area contributed by atoms with Gasteiger partial charge < -0.3 is 14.4 Å². The molecular formula is C21H34N2O2. The summed E-state index contributed by atoms with van der Waals surface area (Å²) in [7, 11) is 0. The van der Waals surface area contributed by atoms with Crippen molar-refractivity contribution in [1.82, 2.24) is 9.80 Å². The maximum Gasteiger partial charge on any atom is 0.0674 e. The lowest BCUT2D eigenvalue weighted by Crippen LogP contribution is -2.51. The summed E-state index contributed by atoms with van der Waals surface area (Å²) in [5, 5.41) is 0. The fourth-order valence-electron chi connectivity index (χ4n) is 4.01. The molecule has 4 heteroatoms. The van der Waals surface area contributed by atoms with Crippen LogP contribution >= 0.6 is 0 Å². The van der Waals surface area contributed by atoms with Crippen LogP contribution in [0.5, 0.6) is 0 Å². The first-order valence-corrected chi connectivity index (χ1v) is 10.0. The third-order valence-corrected chi connectivity index (χ3v) is 5.49. The van der Waals surface area contributed by atoms with E-state index in [9.17, 15) is 0 Å². The monoisotopic (exact) mass is 346 g/mol. The number of benzene rings is 1. The average Bonchev–Trinajstić information content (AvgIpc) is 2.66. The van der Waals surface area contributed by atoms with Crippen LogP contribution in [0.4, 0.5) is 0 Å². The molecule has 1 aromatic carbocycles. The first kappa shape index (κ1) is 18.8. The van der Waals surface area contributed by atoms with Gasteiger partial charge in [-0.05, 0) is 51.3 Å². The molecule has 0 bridgehead atoms. The molecule has 2 heterocycles. The summed E-state index contributed by atoms with van der Waals surface area (Å²) in [6.45, 7) is 10.7. The highest BCUT2D eigenvalue weighted by atomic mass is 16.5. The lowest BCUT2D eigenvalue weighted by molar-refractivity contribution is -0.0436. The highest BCUT2D eigenvalue weighted by Crippen LogP contribution is 2.19. The third-order valence-electron chi connectivity index (χ3n) is 5.49. The quantitative estimate of drug-likeness (QED) is 0.676. The molecule has 0 radical (unpaired) electrons.